The Bertz CT molecular complexity index is 186. The van der Waals surface area contributed by atoms with Gasteiger partial charge in [-0.25, -0.2) is 0 Å². The first-order chi connectivity index (χ1) is 4.84. The molecular formula is C8H13NSi. The van der Waals surface area contributed by atoms with Crippen LogP contribution >= 0.6 is 0 Å². The lowest BCUT2D eigenvalue weighted by Gasteiger charge is -2.09. The Morgan fingerprint density at radius 1 is 1.30 bits per heavy atom. The second kappa shape index (κ2) is 3.54. The van der Waals surface area contributed by atoms with E-state index in [2.05, 4.69) is 36.2 Å². The number of nitrogens with one attached hydrogen (secondary N) is 1. The third-order valence-electron chi connectivity index (χ3n) is 1.73. The lowest BCUT2D eigenvalue weighted by atomic mass is 10.1. The van der Waals surface area contributed by atoms with Crippen molar-refractivity contribution in [1.82, 2.24) is 4.98 Å². The molecule has 0 fully saturated rings. The number of rotatable bonds is 2. The molecule has 0 aliphatic carbocycles. The quantitative estimate of drug-likeness (QED) is 0.611. The molecule has 1 aromatic carbocycles. The van der Waals surface area contributed by atoms with Crippen LogP contribution in [0.3, 0.4) is 0 Å². The van der Waals surface area contributed by atoms with Gasteiger partial charge >= 0.3 is 0 Å². The van der Waals surface area contributed by atoms with Crippen LogP contribution in [0.15, 0.2) is 30.3 Å². The van der Waals surface area contributed by atoms with Gasteiger partial charge in [-0.1, -0.05) is 30.3 Å². The SMILES string of the molecule is CC(N[SiH3])c1ccccc1. The smallest absolute Gasteiger partial charge is 0.0756 e. The highest BCUT2D eigenvalue weighted by Crippen LogP contribution is 2.08. The number of benzene rings is 1. The second-order valence-electron chi connectivity index (χ2n) is 2.42. The molecule has 54 valence electrons. The van der Waals surface area contributed by atoms with Crippen LogP contribution in [-0.4, -0.2) is 10.4 Å². The minimum Gasteiger partial charge on any atom is -0.339 e. The summed E-state index contributed by atoms with van der Waals surface area (Å²) in [5, 5.41) is 0. The van der Waals surface area contributed by atoms with Gasteiger partial charge < -0.3 is 4.98 Å². The molecule has 0 aromatic heterocycles. The van der Waals surface area contributed by atoms with E-state index >= 15 is 0 Å². The molecule has 1 aromatic rings. The predicted molar refractivity (Wildman–Crippen MR) is 47.9 cm³/mol. The summed E-state index contributed by atoms with van der Waals surface area (Å²) in [6.07, 6.45) is 0. The maximum Gasteiger partial charge on any atom is 0.0756 e. The van der Waals surface area contributed by atoms with Gasteiger partial charge in [0.05, 0.1) is 10.4 Å². The zero-order valence-corrected chi connectivity index (χ0v) is 8.46. The molecule has 0 saturated carbocycles. The molecule has 1 N–H and O–H groups in total. The molecule has 0 aliphatic rings. The van der Waals surface area contributed by atoms with Crippen LogP contribution < -0.4 is 4.98 Å². The highest BCUT2D eigenvalue weighted by atomic mass is 28.2. The van der Waals surface area contributed by atoms with Gasteiger partial charge in [0.2, 0.25) is 0 Å². The topological polar surface area (TPSA) is 12.0 Å². The van der Waals surface area contributed by atoms with E-state index in [1.807, 2.05) is 6.07 Å². The Kier molecular flexibility index (Phi) is 2.65. The predicted octanol–water partition coefficient (Wildman–Crippen LogP) is 0.618. The van der Waals surface area contributed by atoms with Gasteiger partial charge in [-0.05, 0) is 12.5 Å². The third kappa shape index (κ3) is 1.69. The summed E-state index contributed by atoms with van der Waals surface area (Å²) in [5.74, 6) is 0. The molecule has 1 atom stereocenters. The summed E-state index contributed by atoms with van der Waals surface area (Å²) in [7, 11) is 1.06. The van der Waals surface area contributed by atoms with Gasteiger partial charge in [0.15, 0.2) is 0 Å². The van der Waals surface area contributed by atoms with Gasteiger partial charge in [-0.15, -0.1) is 0 Å². The summed E-state index contributed by atoms with van der Waals surface area (Å²) in [6.45, 7) is 2.18. The first-order valence-corrected chi connectivity index (χ1v) is 4.57. The van der Waals surface area contributed by atoms with Crippen LogP contribution in [0.1, 0.15) is 18.5 Å². The second-order valence-corrected chi connectivity index (χ2v) is 3.00. The molecule has 0 bridgehead atoms. The summed E-state index contributed by atoms with van der Waals surface area (Å²) < 4.78 is 0. The molecule has 10 heavy (non-hydrogen) atoms. The van der Waals surface area contributed by atoms with Crippen LogP contribution in [0, 0.1) is 0 Å². The highest BCUT2D eigenvalue weighted by Gasteiger charge is 1.97. The van der Waals surface area contributed by atoms with Crippen molar-refractivity contribution in [2.45, 2.75) is 13.0 Å². The van der Waals surface area contributed by atoms with Gasteiger partial charge in [0.25, 0.3) is 0 Å². The normalized spacial score (nSPS) is 13.3. The van der Waals surface area contributed by atoms with Crippen molar-refractivity contribution >= 4 is 10.4 Å². The van der Waals surface area contributed by atoms with Crippen molar-refractivity contribution in [2.24, 2.45) is 0 Å². The van der Waals surface area contributed by atoms with Crippen LogP contribution in [0.4, 0.5) is 0 Å². The van der Waals surface area contributed by atoms with E-state index in [1.165, 1.54) is 5.56 Å². The fourth-order valence-corrected chi connectivity index (χ4v) is 1.24. The van der Waals surface area contributed by atoms with E-state index in [1.54, 1.807) is 0 Å². The molecule has 2 heteroatoms. The fourth-order valence-electron chi connectivity index (χ4n) is 0.908. The first kappa shape index (κ1) is 7.50. The maximum absolute atomic E-state index is 3.32. The summed E-state index contributed by atoms with van der Waals surface area (Å²) in [6, 6.07) is 11.0. The van der Waals surface area contributed by atoms with Gasteiger partial charge in [-0.2, -0.15) is 0 Å². The molecule has 1 unspecified atom stereocenters. The fraction of sp³-hybridized carbons (Fsp3) is 0.250. The Labute approximate surface area is 65.0 Å². The first-order valence-electron chi connectivity index (χ1n) is 3.57. The summed E-state index contributed by atoms with van der Waals surface area (Å²) in [5.41, 5.74) is 1.37. The standard InChI is InChI=1S/C8H13NSi/c1-7(9-10)8-5-3-2-4-6-8/h2-7,9H,1,10H3. The van der Waals surface area contributed by atoms with Crippen molar-refractivity contribution in [2.75, 3.05) is 0 Å². The minimum atomic E-state index is 0.521. The average molecular weight is 151 g/mol. The Morgan fingerprint density at radius 2 is 1.90 bits per heavy atom. The van der Waals surface area contributed by atoms with Crippen LogP contribution in [0.25, 0.3) is 0 Å². The van der Waals surface area contributed by atoms with E-state index < -0.39 is 0 Å². The van der Waals surface area contributed by atoms with Crippen molar-refractivity contribution < 1.29 is 0 Å². The number of hydrogen-bond donors (Lipinski definition) is 1. The number of hydrogen-bond acceptors (Lipinski definition) is 1. The molecule has 0 amide bonds. The Hall–Kier alpha value is -0.603. The average Bonchev–Trinajstić information content (AvgIpc) is 2.05. The molecule has 0 saturated heterocycles. The largest absolute Gasteiger partial charge is 0.339 e. The zero-order chi connectivity index (χ0) is 7.40. The van der Waals surface area contributed by atoms with Crippen molar-refractivity contribution in [3.63, 3.8) is 0 Å². The molecule has 1 nitrogen and oxygen atoms in total. The summed E-state index contributed by atoms with van der Waals surface area (Å²) >= 11 is 0. The lowest BCUT2D eigenvalue weighted by molar-refractivity contribution is 0.744. The third-order valence-corrected chi connectivity index (χ3v) is 2.60. The Morgan fingerprint density at radius 3 is 2.40 bits per heavy atom. The van der Waals surface area contributed by atoms with Gasteiger partial charge in [0, 0.05) is 6.04 Å². The van der Waals surface area contributed by atoms with Crippen molar-refractivity contribution in [3.05, 3.63) is 35.9 Å². The minimum absolute atomic E-state index is 0.521. The molecule has 0 aliphatic heterocycles. The molecular weight excluding hydrogens is 138 g/mol. The van der Waals surface area contributed by atoms with Crippen LogP contribution in [0.2, 0.25) is 0 Å². The molecule has 0 heterocycles. The maximum atomic E-state index is 3.32. The van der Waals surface area contributed by atoms with E-state index in [4.69, 9.17) is 0 Å². The van der Waals surface area contributed by atoms with Crippen molar-refractivity contribution in [1.29, 1.82) is 0 Å². The van der Waals surface area contributed by atoms with Crippen LogP contribution in [-0.2, 0) is 0 Å². The van der Waals surface area contributed by atoms with Gasteiger partial charge in [-0.3, -0.25) is 0 Å². The molecule has 0 radical (unpaired) electrons. The van der Waals surface area contributed by atoms with E-state index in [9.17, 15) is 0 Å². The Balaban J connectivity index is 2.75. The molecule has 1 rings (SSSR count). The van der Waals surface area contributed by atoms with Crippen LogP contribution in [0.5, 0.6) is 0 Å². The highest BCUT2D eigenvalue weighted by molar-refractivity contribution is 6.04. The zero-order valence-electron chi connectivity index (χ0n) is 6.46. The molecule has 0 spiro atoms. The van der Waals surface area contributed by atoms with E-state index in [-0.39, 0.29) is 0 Å². The van der Waals surface area contributed by atoms with E-state index in [0.717, 1.165) is 10.4 Å². The van der Waals surface area contributed by atoms with Gasteiger partial charge in [0.1, 0.15) is 0 Å². The van der Waals surface area contributed by atoms with E-state index in [0.29, 0.717) is 6.04 Å². The lowest BCUT2D eigenvalue weighted by Crippen LogP contribution is -2.13. The summed E-state index contributed by atoms with van der Waals surface area (Å²) in [4.78, 5) is 3.32. The monoisotopic (exact) mass is 151 g/mol. The van der Waals surface area contributed by atoms with Crippen molar-refractivity contribution in [3.8, 4) is 0 Å².